The fourth-order valence-electron chi connectivity index (χ4n) is 1.97. The van der Waals surface area contributed by atoms with Gasteiger partial charge in [-0.3, -0.25) is 10.1 Å². The first kappa shape index (κ1) is 14.5. The van der Waals surface area contributed by atoms with E-state index in [0.29, 0.717) is 5.69 Å². The molecule has 18 heavy (non-hydrogen) atoms. The Kier molecular flexibility index (Phi) is 6.19. The van der Waals surface area contributed by atoms with Gasteiger partial charge >= 0.3 is 0 Å². The average molecular weight is 250 g/mol. The summed E-state index contributed by atoms with van der Waals surface area (Å²) in [5.74, 6) is 0. The Morgan fingerprint density at radius 1 is 1.28 bits per heavy atom. The van der Waals surface area contributed by atoms with E-state index in [1.807, 2.05) is 6.07 Å². The minimum Gasteiger partial charge on any atom is -0.377 e. The van der Waals surface area contributed by atoms with Gasteiger partial charge in [-0.1, -0.05) is 44.7 Å². The van der Waals surface area contributed by atoms with Crippen LogP contribution in [-0.4, -0.2) is 11.0 Å². The number of nitro benzene ring substituents is 1. The summed E-state index contributed by atoms with van der Waals surface area (Å²) in [7, 11) is 0. The summed E-state index contributed by atoms with van der Waals surface area (Å²) in [4.78, 5) is 10.5. The van der Waals surface area contributed by atoms with Crippen LogP contribution in [0.2, 0.25) is 0 Å². The van der Waals surface area contributed by atoms with Crippen molar-refractivity contribution in [3.8, 4) is 0 Å². The van der Waals surface area contributed by atoms with Crippen molar-refractivity contribution < 1.29 is 4.92 Å². The van der Waals surface area contributed by atoms with Gasteiger partial charge < -0.3 is 5.32 Å². The second-order valence-corrected chi connectivity index (χ2v) is 4.67. The van der Waals surface area contributed by atoms with Crippen LogP contribution in [0.5, 0.6) is 0 Å². The summed E-state index contributed by atoms with van der Waals surface area (Å²) in [6.45, 7) is 4.26. The maximum absolute atomic E-state index is 10.9. The van der Waals surface area contributed by atoms with Gasteiger partial charge in [-0.05, 0) is 19.4 Å². The number of para-hydroxylation sites is 2. The van der Waals surface area contributed by atoms with Gasteiger partial charge in [0.2, 0.25) is 0 Å². The normalized spacial score (nSPS) is 12.1. The molecule has 100 valence electrons. The molecule has 0 saturated carbocycles. The van der Waals surface area contributed by atoms with E-state index in [9.17, 15) is 10.1 Å². The first-order valence-electron chi connectivity index (χ1n) is 6.65. The molecule has 0 heterocycles. The van der Waals surface area contributed by atoms with Gasteiger partial charge in [-0.15, -0.1) is 0 Å². The van der Waals surface area contributed by atoms with Gasteiger partial charge in [0.25, 0.3) is 5.69 Å². The lowest BCUT2D eigenvalue weighted by atomic mass is 10.1. The van der Waals surface area contributed by atoms with Crippen LogP contribution in [0.3, 0.4) is 0 Å². The first-order valence-corrected chi connectivity index (χ1v) is 6.65. The second kappa shape index (κ2) is 7.69. The van der Waals surface area contributed by atoms with E-state index in [1.54, 1.807) is 12.1 Å². The summed E-state index contributed by atoms with van der Waals surface area (Å²) in [6.07, 6.45) is 5.94. The molecule has 0 amide bonds. The maximum Gasteiger partial charge on any atom is 0.292 e. The predicted octanol–water partition coefficient (Wildman–Crippen LogP) is 4.37. The van der Waals surface area contributed by atoms with Crippen molar-refractivity contribution in [3.63, 3.8) is 0 Å². The molecule has 1 unspecified atom stereocenters. The molecule has 1 N–H and O–H groups in total. The molecule has 4 heteroatoms. The Morgan fingerprint density at radius 2 is 2.00 bits per heavy atom. The highest BCUT2D eigenvalue weighted by atomic mass is 16.6. The molecule has 0 aliphatic carbocycles. The number of nitro groups is 1. The van der Waals surface area contributed by atoms with Gasteiger partial charge in [0.15, 0.2) is 0 Å². The Balaban J connectivity index is 2.48. The standard InChI is InChI=1S/C14H22N2O2/c1-3-4-5-6-9-12(2)15-13-10-7-8-11-14(13)16(17)18/h7-8,10-12,15H,3-6,9H2,1-2H3. The zero-order chi connectivity index (χ0) is 13.4. The van der Waals surface area contributed by atoms with Crippen LogP contribution in [0.15, 0.2) is 24.3 Å². The summed E-state index contributed by atoms with van der Waals surface area (Å²) >= 11 is 0. The molecule has 0 saturated heterocycles. The first-order chi connectivity index (χ1) is 8.65. The monoisotopic (exact) mass is 250 g/mol. The van der Waals surface area contributed by atoms with E-state index in [0.717, 1.165) is 6.42 Å². The zero-order valence-electron chi connectivity index (χ0n) is 11.2. The zero-order valence-corrected chi connectivity index (χ0v) is 11.2. The Morgan fingerprint density at radius 3 is 2.67 bits per heavy atom. The molecule has 0 spiro atoms. The molecule has 0 aliphatic heterocycles. The van der Waals surface area contributed by atoms with Crippen molar-refractivity contribution in [2.24, 2.45) is 0 Å². The van der Waals surface area contributed by atoms with Crippen molar-refractivity contribution in [2.75, 3.05) is 5.32 Å². The van der Waals surface area contributed by atoms with Crippen LogP contribution in [-0.2, 0) is 0 Å². The molecular formula is C14H22N2O2. The van der Waals surface area contributed by atoms with E-state index in [1.165, 1.54) is 31.7 Å². The molecule has 0 bridgehead atoms. The predicted molar refractivity (Wildman–Crippen MR) is 74.9 cm³/mol. The van der Waals surface area contributed by atoms with Crippen LogP contribution < -0.4 is 5.32 Å². The fourth-order valence-corrected chi connectivity index (χ4v) is 1.97. The Labute approximate surface area is 109 Å². The largest absolute Gasteiger partial charge is 0.377 e. The van der Waals surface area contributed by atoms with Crippen LogP contribution in [0.4, 0.5) is 11.4 Å². The smallest absolute Gasteiger partial charge is 0.292 e. The fraction of sp³-hybridized carbons (Fsp3) is 0.571. The van der Waals surface area contributed by atoms with Crippen molar-refractivity contribution in [3.05, 3.63) is 34.4 Å². The quantitative estimate of drug-likeness (QED) is 0.423. The number of hydrogen-bond donors (Lipinski definition) is 1. The molecule has 0 fully saturated rings. The Bertz CT molecular complexity index is 380. The topological polar surface area (TPSA) is 55.2 Å². The highest BCUT2D eigenvalue weighted by Gasteiger charge is 2.13. The van der Waals surface area contributed by atoms with Gasteiger partial charge in [0.05, 0.1) is 4.92 Å². The van der Waals surface area contributed by atoms with Gasteiger partial charge in [0.1, 0.15) is 5.69 Å². The van der Waals surface area contributed by atoms with Crippen LogP contribution in [0.1, 0.15) is 46.0 Å². The molecule has 0 aliphatic rings. The van der Waals surface area contributed by atoms with E-state index in [-0.39, 0.29) is 16.7 Å². The molecule has 1 atom stereocenters. The summed E-state index contributed by atoms with van der Waals surface area (Å²) < 4.78 is 0. The lowest BCUT2D eigenvalue weighted by molar-refractivity contribution is -0.384. The average Bonchev–Trinajstić information content (AvgIpc) is 2.35. The molecule has 1 aromatic carbocycles. The minimum atomic E-state index is -0.341. The number of nitrogens with zero attached hydrogens (tertiary/aromatic N) is 1. The highest BCUT2D eigenvalue weighted by molar-refractivity contribution is 5.61. The lowest BCUT2D eigenvalue weighted by Gasteiger charge is -2.15. The number of anilines is 1. The molecule has 4 nitrogen and oxygen atoms in total. The number of nitrogens with one attached hydrogen (secondary N) is 1. The molecular weight excluding hydrogens is 228 g/mol. The van der Waals surface area contributed by atoms with Gasteiger partial charge in [-0.25, -0.2) is 0 Å². The minimum absolute atomic E-state index is 0.151. The van der Waals surface area contributed by atoms with Crippen LogP contribution >= 0.6 is 0 Å². The number of rotatable bonds is 8. The number of unbranched alkanes of at least 4 members (excludes halogenated alkanes) is 3. The van der Waals surface area contributed by atoms with E-state index < -0.39 is 0 Å². The third-order valence-corrected chi connectivity index (χ3v) is 2.99. The molecule has 0 aromatic heterocycles. The van der Waals surface area contributed by atoms with Crippen molar-refractivity contribution >= 4 is 11.4 Å². The third kappa shape index (κ3) is 4.73. The summed E-state index contributed by atoms with van der Waals surface area (Å²) in [6, 6.07) is 7.07. The van der Waals surface area contributed by atoms with Crippen molar-refractivity contribution in [1.29, 1.82) is 0 Å². The van der Waals surface area contributed by atoms with E-state index in [2.05, 4.69) is 19.2 Å². The van der Waals surface area contributed by atoms with Gasteiger partial charge in [-0.2, -0.15) is 0 Å². The lowest BCUT2D eigenvalue weighted by Crippen LogP contribution is -2.15. The maximum atomic E-state index is 10.9. The Hall–Kier alpha value is -1.58. The summed E-state index contributed by atoms with van der Waals surface area (Å²) in [5, 5.41) is 14.1. The number of benzene rings is 1. The van der Waals surface area contributed by atoms with E-state index in [4.69, 9.17) is 0 Å². The number of hydrogen-bond acceptors (Lipinski definition) is 3. The SMILES string of the molecule is CCCCCCC(C)Nc1ccccc1[N+](=O)[O-]. The highest BCUT2D eigenvalue weighted by Crippen LogP contribution is 2.24. The van der Waals surface area contributed by atoms with Crippen LogP contribution in [0, 0.1) is 10.1 Å². The molecule has 0 radical (unpaired) electrons. The van der Waals surface area contributed by atoms with Crippen LogP contribution in [0.25, 0.3) is 0 Å². The molecule has 1 rings (SSSR count). The third-order valence-electron chi connectivity index (χ3n) is 2.99. The van der Waals surface area contributed by atoms with Gasteiger partial charge in [0, 0.05) is 12.1 Å². The van der Waals surface area contributed by atoms with Crippen molar-refractivity contribution in [1.82, 2.24) is 0 Å². The molecule has 1 aromatic rings. The van der Waals surface area contributed by atoms with Crippen molar-refractivity contribution in [2.45, 2.75) is 52.0 Å². The van der Waals surface area contributed by atoms with E-state index >= 15 is 0 Å². The second-order valence-electron chi connectivity index (χ2n) is 4.67. The summed E-state index contributed by atoms with van der Waals surface area (Å²) in [5.41, 5.74) is 0.767.